The molecule has 0 radical (unpaired) electrons. The first-order valence-corrected chi connectivity index (χ1v) is 8.15. The molecule has 0 atom stereocenters. The fraction of sp³-hybridized carbons (Fsp3) is 0.357. The molecule has 0 fully saturated rings. The van der Waals surface area contributed by atoms with E-state index in [4.69, 9.17) is 0 Å². The summed E-state index contributed by atoms with van der Waals surface area (Å²) in [6, 6.07) is 9.81. The van der Waals surface area contributed by atoms with Gasteiger partial charge in [0.1, 0.15) is 0 Å². The van der Waals surface area contributed by atoms with E-state index in [2.05, 4.69) is 4.98 Å². The third-order valence-electron chi connectivity index (χ3n) is 3.19. The van der Waals surface area contributed by atoms with Crippen LogP contribution in [0.15, 0.2) is 41.7 Å². The smallest absolute Gasteiger partial charge is 0.227 e. The quantitative estimate of drug-likeness (QED) is 0.874. The number of hydrogen-bond donors (Lipinski definition) is 1. The van der Waals surface area contributed by atoms with Crippen molar-refractivity contribution >= 4 is 9.84 Å². The highest BCUT2D eigenvalue weighted by molar-refractivity contribution is 7.91. The van der Waals surface area contributed by atoms with Gasteiger partial charge < -0.3 is 9.67 Å². The summed E-state index contributed by atoms with van der Waals surface area (Å²) in [5.74, 6) is 0.000217. The first kappa shape index (κ1) is 14.7. The largest absolute Gasteiger partial charge is 0.390 e. The lowest BCUT2D eigenvalue weighted by molar-refractivity contribution is 0.268. The molecular weight excluding hydrogens is 276 g/mol. The first-order valence-electron chi connectivity index (χ1n) is 6.50. The lowest BCUT2D eigenvalue weighted by Gasteiger charge is -2.10. The molecule has 2 aromatic rings. The Morgan fingerprint density at radius 3 is 2.55 bits per heavy atom. The predicted octanol–water partition coefficient (Wildman–Crippen LogP) is 1.41. The summed E-state index contributed by atoms with van der Waals surface area (Å²) in [4.78, 5) is 3.96. The molecule has 0 bridgehead atoms. The van der Waals surface area contributed by atoms with Crippen molar-refractivity contribution in [2.75, 3.05) is 5.75 Å². The van der Waals surface area contributed by atoms with Crippen LogP contribution >= 0.6 is 0 Å². The normalized spacial score (nSPS) is 11.7. The molecule has 6 heteroatoms. The minimum absolute atomic E-state index is 0.000217. The fourth-order valence-electron chi connectivity index (χ4n) is 2.02. The Labute approximate surface area is 118 Å². The van der Waals surface area contributed by atoms with E-state index in [1.54, 1.807) is 11.5 Å². The zero-order valence-electron chi connectivity index (χ0n) is 11.4. The van der Waals surface area contributed by atoms with Crippen LogP contribution in [0.3, 0.4) is 0 Å². The first-order chi connectivity index (χ1) is 9.58. The van der Waals surface area contributed by atoms with Gasteiger partial charge in [0.25, 0.3) is 0 Å². The zero-order chi connectivity index (χ0) is 14.6. The molecule has 0 spiro atoms. The molecule has 108 valence electrons. The van der Waals surface area contributed by atoms with Crippen LogP contribution in [-0.2, 0) is 29.4 Å². The van der Waals surface area contributed by atoms with Gasteiger partial charge in [-0.1, -0.05) is 37.3 Å². The number of aliphatic hydroxyl groups excluding tert-OH is 1. The molecular formula is C14H18N2O3S. The summed E-state index contributed by atoms with van der Waals surface area (Å²) in [6.45, 7) is 1.85. The van der Waals surface area contributed by atoms with E-state index in [1.165, 1.54) is 6.20 Å². The Balaban J connectivity index is 2.28. The van der Waals surface area contributed by atoms with Crippen LogP contribution in [0.4, 0.5) is 0 Å². The van der Waals surface area contributed by atoms with Gasteiger partial charge in [0.2, 0.25) is 15.0 Å². The summed E-state index contributed by atoms with van der Waals surface area (Å²) >= 11 is 0. The maximum atomic E-state index is 12.0. The number of imidazole rings is 1. The van der Waals surface area contributed by atoms with Crippen molar-refractivity contribution in [3.05, 3.63) is 47.8 Å². The monoisotopic (exact) mass is 294 g/mol. The lowest BCUT2D eigenvalue weighted by Crippen LogP contribution is -2.15. The predicted molar refractivity (Wildman–Crippen MR) is 76.0 cm³/mol. The molecule has 0 aliphatic rings. The molecule has 5 nitrogen and oxygen atoms in total. The van der Waals surface area contributed by atoms with Crippen LogP contribution in [0, 0.1) is 0 Å². The van der Waals surface area contributed by atoms with Gasteiger partial charge in [0, 0.05) is 6.54 Å². The number of benzene rings is 1. The minimum Gasteiger partial charge on any atom is -0.390 e. The summed E-state index contributed by atoms with van der Waals surface area (Å²) in [6.07, 6.45) is 2.12. The van der Waals surface area contributed by atoms with Gasteiger partial charge in [0.15, 0.2) is 0 Å². The second kappa shape index (κ2) is 6.19. The Morgan fingerprint density at radius 2 is 1.95 bits per heavy atom. The summed E-state index contributed by atoms with van der Waals surface area (Å²) in [7, 11) is -3.38. The van der Waals surface area contributed by atoms with Crippen LogP contribution in [0.2, 0.25) is 0 Å². The van der Waals surface area contributed by atoms with Crippen LogP contribution in [0.1, 0.15) is 18.2 Å². The molecule has 0 amide bonds. The van der Waals surface area contributed by atoms with Crippen LogP contribution in [0.5, 0.6) is 0 Å². The minimum atomic E-state index is -3.38. The van der Waals surface area contributed by atoms with Crippen molar-refractivity contribution in [3.63, 3.8) is 0 Å². The molecule has 1 aromatic heterocycles. The van der Waals surface area contributed by atoms with Crippen molar-refractivity contribution in [2.24, 2.45) is 0 Å². The van der Waals surface area contributed by atoms with Gasteiger partial charge in [-0.15, -0.1) is 0 Å². The zero-order valence-corrected chi connectivity index (χ0v) is 12.2. The SMILES string of the molecule is CCS(=O)(=O)c1ncc(CO)n1CCc1ccccc1. The molecule has 1 heterocycles. The Morgan fingerprint density at radius 1 is 1.25 bits per heavy atom. The van der Waals surface area contributed by atoms with Crippen molar-refractivity contribution in [1.82, 2.24) is 9.55 Å². The van der Waals surface area contributed by atoms with Gasteiger partial charge in [-0.25, -0.2) is 13.4 Å². The van der Waals surface area contributed by atoms with Gasteiger partial charge >= 0.3 is 0 Å². The van der Waals surface area contributed by atoms with E-state index in [-0.39, 0.29) is 17.5 Å². The Hall–Kier alpha value is -1.66. The maximum Gasteiger partial charge on any atom is 0.227 e. The Bertz CT molecular complexity index is 663. The number of aliphatic hydroxyl groups is 1. The molecule has 0 aliphatic heterocycles. The molecule has 0 aliphatic carbocycles. The van der Waals surface area contributed by atoms with Gasteiger partial charge in [-0.2, -0.15) is 0 Å². The fourth-order valence-corrected chi connectivity index (χ4v) is 3.04. The molecule has 1 aromatic carbocycles. The van der Waals surface area contributed by atoms with Crippen molar-refractivity contribution in [2.45, 2.75) is 31.7 Å². The highest BCUT2D eigenvalue weighted by Crippen LogP contribution is 2.14. The molecule has 20 heavy (non-hydrogen) atoms. The molecule has 1 N–H and O–H groups in total. The highest BCUT2D eigenvalue weighted by atomic mass is 32.2. The van der Waals surface area contributed by atoms with Crippen LogP contribution in [0.25, 0.3) is 0 Å². The number of hydrogen-bond acceptors (Lipinski definition) is 4. The van der Waals surface area contributed by atoms with Gasteiger partial charge in [0.05, 0.1) is 24.3 Å². The van der Waals surface area contributed by atoms with E-state index < -0.39 is 9.84 Å². The van der Waals surface area contributed by atoms with Crippen molar-refractivity contribution in [3.8, 4) is 0 Å². The average molecular weight is 294 g/mol. The maximum absolute atomic E-state index is 12.0. The second-order valence-corrected chi connectivity index (χ2v) is 6.65. The average Bonchev–Trinajstić information content (AvgIpc) is 2.90. The topological polar surface area (TPSA) is 72.2 Å². The van der Waals surface area contributed by atoms with E-state index in [1.807, 2.05) is 30.3 Å². The summed E-state index contributed by atoms with van der Waals surface area (Å²) < 4.78 is 25.6. The third-order valence-corrected chi connectivity index (χ3v) is 4.83. The third kappa shape index (κ3) is 3.08. The number of sulfone groups is 1. The highest BCUT2D eigenvalue weighted by Gasteiger charge is 2.21. The molecule has 2 rings (SSSR count). The number of aryl methyl sites for hydroxylation is 1. The van der Waals surface area contributed by atoms with Crippen molar-refractivity contribution in [1.29, 1.82) is 0 Å². The molecule has 0 saturated heterocycles. The Kier molecular flexibility index (Phi) is 4.57. The standard InChI is InChI=1S/C14H18N2O3S/c1-2-20(18,19)14-15-10-13(11-17)16(14)9-8-12-6-4-3-5-7-12/h3-7,10,17H,2,8-9,11H2,1H3. The van der Waals surface area contributed by atoms with Crippen molar-refractivity contribution < 1.29 is 13.5 Å². The summed E-state index contributed by atoms with van der Waals surface area (Å²) in [5, 5.41) is 9.35. The van der Waals surface area contributed by atoms with E-state index >= 15 is 0 Å². The second-order valence-electron chi connectivity index (χ2n) is 4.48. The lowest BCUT2D eigenvalue weighted by atomic mass is 10.1. The van der Waals surface area contributed by atoms with Gasteiger partial charge in [-0.3, -0.25) is 0 Å². The van der Waals surface area contributed by atoms with Crippen LogP contribution in [-0.4, -0.2) is 28.8 Å². The number of aromatic nitrogens is 2. The molecule has 0 unspecified atom stereocenters. The van der Waals surface area contributed by atoms with E-state index in [0.29, 0.717) is 18.7 Å². The van der Waals surface area contributed by atoms with Crippen LogP contribution < -0.4 is 0 Å². The molecule has 0 saturated carbocycles. The number of rotatable bonds is 6. The summed E-state index contributed by atoms with van der Waals surface area (Å²) in [5.41, 5.74) is 1.64. The number of nitrogens with zero attached hydrogens (tertiary/aromatic N) is 2. The van der Waals surface area contributed by atoms with E-state index in [9.17, 15) is 13.5 Å². The van der Waals surface area contributed by atoms with E-state index in [0.717, 1.165) is 5.56 Å². The van der Waals surface area contributed by atoms with Gasteiger partial charge in [-0.05, 0) is 12.0 Å².